The predicted octanol–water partition coefficient (Wildman–Crippen LogP) is 3.40. The molecule has 23 heavy (non-hydrogen) atoms. The predicted molar refractivity (Wildman–Crippen MR) is 90.4 cm³/mol. The zero-order chi connectivity index (χ0) is 16.4. The lowest BCUT2D eigenvalue weighted by atomic mass is 10.1. The molecule has 0 atom stereocenters. The molecular formula is C19H21FN2O. The first-order chi connectivity index (χ1) is 11.1. The second kappa shape index (κ2) is 6.41. The molecule has 120 valence electrons. The third kappa shape index (κ3) is 3.21. The Morgan fingerprint density at radius 3 is 2.39 bits per heavy atom. The van der Waals surface area contributed by atoms with Crippen molar-refractivity contribution >= 4 is 11.6 Å². The SMILES string of the molecule is Cc1ccc(C)c(N2CCN(C(=O)c3ccccc3F)CC2)c1. The molecule has 1 heterocycles. The Labute approximate surface area is 136 Å². The van der Waals surface area contributed by atoms with E-state index in [1.807, 2.05) is 0 Å². The molecule has 1 aliphatic rings. The Hall–Kier alpha value is -2.36. The first kappa shape index (κ1) is 15.5. The molecule has 0 radical (unpaired) electrons. The molecule has 1 fully saturated rings. The molecule has 3 nitrogen and oxygen atoms in total. The number of amides is 1. The summed E-state index contributed by atoms with van der Waals surface area (Å²) in [5.41, 5.74) is 3.86. The number of aryl methyl sites for hydroxylation is 2. The molecule has 0 bridgehead atoms. The van der Waals surface area contributed by atoms with E-state index in [1.165, 1.54) is 22.9 Å². The van der Waals surface area contributed by atoms with Crippen molar-refractivity contribution in [1.29, 1.82) is 0 Å². The fraction of sp³-hybridized carbons (Fsp3) is 0.316. The van der Waals surface area contributed by atoms with Crippen LogP contribution < -0.4 is 4.90 Å². The molecule has 1 saturated heterocycles. The average molecular weight is 312 g/mol. The second-order valence-electron chi connectivity index (χ2n) is 6.05. The van der Waals surface area contributed by atoms with Gasteiger partial charge < -0.3 is 9.80 Å². The van der Waals surface area contributed by atoms with Crippen molar-refractivity contribution in [3.8, 4) is 0 Å². The molecule has 0 aliphatic carbocycles. The van der Waals surface area contributed by atoms with E-state index < -0.39 is 5.82 Å². The number of anilines is 1. The summed E-state index contributed by atoms with van der Waals surface area (Å²) in [6, 6.07) is 12.6. The van der Waals surface area contributed by atoms with E-state index >= 15 is 0 Å². The third-order valence-electron chi connectivity index (χ3n) is 4.38. The zero-order valence-electron chi connectivity index (χ0n) is 13.6. The Bertz CT molecular complexity index is 721. The summed E-state index contributed by atoms with van der Waals surface area (Å²) < 4.78 is 13.8. The molecule has 4 heteroatoms. The van der Waals surface area contributed by atoms with E-state index in [9.17, 15) is 9.18 Å². The number of piperazine rings is 1. The van der Waals surface area contributed by atoms with Crippen LogP contribution in [0.25, 0.3) is 0 Å². The van der Waals surface area contributed by atoms with Crippen LogP contribution in [0.5, 0.6) is 0 Å². The second-order valence-corrected chi connectivity index (χ2v) is 6.05. The smallest absolute Gasteiger partial charge is 0.256 e. The first-order valence-corrected chi connectivity index (χ1v) is 7.92. The maximum Gasteiger partial charge on any atom is 0.256 e. The largest absolute Gasteiger partial charge is 0.368 e. The normalized spacial score (nSPS) is 14.9. The number of rotatable bonds is 2. The number of benzene rings is 2. The topological polar surface area (TPSA) is 23.6 Å². The molecule has 0 unspecified atom stereocenters. The standard InChI is InChI=1S/C19H21FN2O/c1-14-7-8-15(2)18(13-14)21-9-11-22(12-10-21)19(23)16-5-3-4-6-17(16)20/h3-8,13H,9-12H2,1-2H3. The molecule has 0 N–H and O–H groups in total. The number of hydrogen-bond donors (Lipinski definition) is 0. The van der Waals surface area contributed by atoms with Gasteiger partial charge in [0.25, 0.3) is 5.91 Å². The van der Waals surface area contributed by atoms with E-state index in [0.29, 0.717) is 13.1 Å². The maximum atomic E-state index is 13.8. The van der Waals surface area contributed by atoms with Gasteiger partial charge in [0.05, 0.1) is 5.56 Å². The van der Waals surface area contributed by atoms with Crippen molar-refractivity contribution in [2.24, 2.45) is 0 Å². The monoisotopic (exact) mass is 312 g/mol. The van der Waals surface area contributed by atoms with Crippen LogP contribution in [0.4, 0.5) is 10.1 Å². The Kier molecular flexibility index (Phi) is 4.33. The van der Waals surface area contributed by atoms with Gasteiger partial charge >= 0.3 is 0 Å². The fourth-order valence-electron chi connectivity index (χ4n) is 3.02. The highest BCUT2D eigenvalue weighted by molar-refractivity contribution is 5.94. The summed E-state index contributed by atoms with van der Waals surface area (Å²) in [6.07, 6.45) is 0. The highest BCUT2D eigenvalue weighted by atomic mass is 19.1. The van der Waals surface area contributed by atoms with Crippen molar-refractivity contribution < 1.29 is 9.18 Å². The summed E-state index contributed by atoms with van der Waals surface area (Å²) in [6.45, 7) is 6.95. The fourth-order valence-corrected chi connectivity index (χ4v) is 3.02. The van der Waals surface area contributed by atoms with Gasteiger partial charge in [-0.15, -0.1) is 0 Å². The van der Waals surface area contributed by atoms with Gasteiger partial charge in [0.1, 0.15) is 5.82 Å². The summed E-state index contributed by atoms with van der Waals surface area (Å²) in [4.78, 5) is 16.5. The van der Waals surface area contributed by atoms with Crippen LogP contribution >= 0.6 is 0 Å². The van der Waals surface area contributed by atoms with Crippen LogP contribution in [0, 0.1) is 19.7 Å². The van der Waals surface area contributed by atoms with Crippen LogP contribution in [-0.4, -0.2) is 37.0 Å². The number of carbonyl (C=O) groups excluding carboxylic acids is 1. The molecule has 0 aromatic heterocycles. The van der Waals surface area contributed by atoms with Gasteiger partial charge in [0, 0.05) is 31.9 Å². The van der Waals surface area contributed by atoms with Gasteiger partial charge in [0.15, 0.2) is 0 Å². The van der Waals surface area contributed by atoms with E-state index in [1.54, 1.807) is 23.1 Å². The average Bonchev–Trinajstić information content (AvgIpc) is 2.57. The van der Waals surface area contributed by atoms with Crippen LogP contribution in [0.3, 0.4) is 0 Å². The van der Waals surface area contributed by atoms with Gasteiger partial charge in [0.2, 0.25) is 0 Å². The first-order valence-electron chi connectivity index (χ1n) is 7.92. The summed E-state index contributed by atoms with van der Waals surface area (Å²) in [7, 11) is 0. The van der Waals surface area contributed by atoms with Crippen molar-refractivity contribution in [3.05, 3.63) is 65.0 Å². The van der Waals surface area contributed by atoms with Crippen molar-refractivity contribution in [2.75, 3.05) is 31.1 Å². The van der Waals surface area contributed by atoms with Crippen LogP contribution in [-0.2, 0) is 0 Å². The number of nitrogens with zero attached hydrogens (tertiary/aromatic N) is 2. The van der Waals surface area contributed by atoms with E-state index in [2.05, 4.69) is 36.9 Å². The third-order valence-corrected chi connectivity index (χ3v) is 4.38. The lowest BCUT2D eigenvalue weighted by Crippen LogP contribution is -2.49. The Balaban J connectivity index is 1.70. The van der Waals surface area contributed by atoms with Crippen molar-refractivity contribution in [3.63, 3.8) is 0 Å². The van der Waals surface area contributed by atoms with E-state index in [4.69, 9.17) is 0 Å². The van der Waals surface area contributed by atoms with Gasteiger partial charge in [-0.05, 0) is 43.2 Å². The highest BCUT2D eigenvalue weighted by Gasteiger charge is 2.24. The number of hydrogen-bond acceptors (Lipinski definition) is 2. The van der Waals surface area contributed by atoms with Gasteiger partial charge in [-0.25, -0.2) is 4.39 Å². The van der Waals surface area contributed by atoms with Gasteiger partial charge in [-0.1, -0.05) is 24.3 Å². The highest BCUT2D eigenvalue weighted by Crippen LogP contribution is 2.23. The van der Waals surface area contributed by atoms with E-state index in [-0.39, 0.29) is 11.5 Å². The van der Waals surface area contributed by atoms with Crippen LogP contribution in [0.2, 0.25) is 0 Å². The summed E-state index contributed by atoms with van der Waals surface area (Å²) in [5.74, 6) is -0.668. The minimum absolute atomic E-state index is 0.160. The van der Waals surface area contributed by atoms with Gasteiger partial charge in [-0.3, -0.25) is 4.79 Å². The number of carbonyl (C=O) groups is 1. The van der Waals surface area contributed by atoms with Crippen LogP contribution in [0.1, 0.15) is 21.5 Å². The molecular weight excluding hydrogens is 291 g/mol. The quantitative estimate of drug-likeness (QED) is 0.848. The minimum atomic E-state index is -0.450. The lowest BCUT2D eigenvalue weighted by molar-refractivity contribution is 0.0742. The van der Waals surface area contributed by atoms with E-state index in [0.717, 1.165) is 13.1 Å². The Morgan fingerprint density at radius 2 is 1.70 bits per heavy atom. The number of halogens is 1. The molecule has 3 rings (SSSR count). The Morgan fingerprint density at radius 1 is 1.00 bits per heavy atom. The minimum Gasteiger partial charge on any atom is -0.368 e. The van der Waals surface area contributed by atoms with Gasteiger partial charge in [-0.2, -0.15) is 0 Å². The maximum absolute atomic E-state index is 13.8. The lowest BCUT2D eigenvalue weighted by Gasteiger charge is -2.37. The molecule has 0 saturated carbocycles. The summed E-state index contributed by atoms with van der Waals surface area (Å²) in [5, 5.41) is 0. The zero-order valence-corrected chi connectivity index (χ0v) is 13.6. The molecule has 0 spiro atoms. The van der Waals surface area contributed by atoms with Crippen molar-refractivity contribution in [2.45, 2.75) is 13.8 Å². The molecule has 1 amide bonds. The van der Waals surface area contributed by atoms with Crippen LogP contribution in [0.15, 0.2) is 42.5 Å². The summed E-state index contributed by atoms with van der Waals surface area (Å²) >= 11 is 0. The molecule has 2 aromatic carbocycles. The van der Waals surface area contributed by atoms with Crippen molar-refractivity contribution in [1.82, 2.24) is 4.90 Å². The molecule has 1 aliphatic heterocycles. The molecule has 2 aromatic rings.